The Hall–Kier alpha value is -1.53. The number of carbonyl (C=O) groups excluding carboxylic acids is 2. The van der Waals surface area contributed by atoms with E-state index in [9.17, 15) is 9.59 Å². The van der Waals surface area contributed by atoms with Crippen LogP contribution < -0.4 is 0 Å². The van der Waals surface area contributed by atoms with Crippen molar-refractivity contribution in [2.75, 3.05) is 12.4 Å². The topological polar surface area (TPSA) is 48.3 Å². The lowest BCUT2D eigenvalue weighted by molar-refractivity contribution is -0.139. The maximum absolute atomic E-state index is 12.2. The van der Waals surface area contributed by atoms with Crippen LogP contribution in [-0.2, 0) is 16.6 Å². The molecule has 0 aliphatic carbocycles. The van der Waals surface area contributed by atoms with Crippen LogP contribution >= 0.6 is 27.7 Å². The Kier molecular flexibility index (Phi) is 6.52. The summed E-state index contributed by atoms with van der Waals surface area (Å²) in [6, 6.07) is 5.90. The second-order valence-electron chi connectivity index (χ2n) is 6.08. The first-order chi connectivity index (χ1) is 11.7. The van der Waals surface area contributed by atoms with E-state index < -0.39 is 0 Å². The Morgan fingerprint density at radius 2 is 1.80 bits per heavy atom. The van der Waals surface area contributed by atoms with Crippen molar-refractivity contribution in [3.63, 3.8) is 0 Å². The van der Waals surface area contributed by atoms with Crippen molar-refractivity contribution < 1.29 is 14.3 Å². The molecular formula is C19H22BrNO3S. The molecule has 0 saturated carbocycles. The Balaban J connectivity index is 1.90. The van der Waals surface area contributed by atoms with Crippen molar-refractivity contribution in [3.05, 3.63) is 50.8 Å². The fraction of sp³-hybridized carbons (Fsp3) is 0.368. The molecule has 0 unspecified atom stereocenters. The minimum Gasteiger partial charge on any atom is -0.457 e. The largest absolute Gasteiger partial charge is 0.457 e. The Morgan fingerprint density at radius 1 is 1.12 bits per heavy atom. The molecule has 0 aliphatic rings. The van der Waals surface area contributed by atoms with Gasteiger partial charge in [0.2, 0.25) is 5.78 Å². The van der Waals surface area contributed by atoms with E-state index in [1.165, 1.54) is 11.8 Å². The molecule has 6 heteroatoms. The zero-order valence-electron chi connectivity index (χ0n) is 15.1. The number of thioether (sulfide) groups is 1. The van der Waals surface area contributed by atoms with Gasteiger partial charge in [0.05, 0.1) is 5.75 Å². The van der Waals surface area contributed by atoms with Gasteiger partial charge in [-0.05, 0) is 57.0 Å². The molecule has 0 N–H and O–H groups in total. The van der Waals surface area contributed by atoms with Gasteiger partial charge in [0.15, 0.2) is 6.61 Å². The summed E-state index contributed by atoms with van der Waals surface area (Å²) in [6.45, 7) is 7.62. The number of aromatic nitrogens is 1. The van der Waals surface area contributed by atoms with Crippen LogP contribution in [0.25, 0.3) is 0 Å². The molecular weight excluding hydrogens is 402 g/mol. The summed E-state index contributed by atoms with van der Waals surface area (Å²) in [5.74, 6) is -0.374. The first-order valence-electron chi connectivity index (χ1n) is 7.92. The van der Waals surface area contributed by atoms with Gasteiger partial charge in [-0.2, -0.15) is 0 Å². The Morgan fingerprint density at radius 3 is 2.40 bits per heavy atom. The zero-order chi connectivity index (χ0) is 18.7. The van der Waals surface area contributed by atoms with Gasteiger partial charge in [-0.3, -0.25) is 9.59 Å². The number of hydrogen-bond acceptors (Lipinski definition) is 4. The molecule has 2 rings (SSSR count). The highest BCUT2D eigenvalue weighted by molar-refractivity contribution is 9.10. The molecule has 0 fully saturated rings. The molecule has 0 radical (unpaired) electrons. The quantitative estimate of drug-likeness (QED) is 0.388. The van der Waals surface area contributed by atoms with E-state index in [0.29, 0.717) is 5.56 Å². The molecule has 1 heterocycles. The third-order valence-corrected chi connectivity index (χ3v) is 6.23. The summed E-state index contributed by atoms with van der Waals surface area (Å²) < 4.78 is 8.15. The van der Waals surface area contributed by atoms with Gasteiger partial charge in [-0.25, -0.2) is 0 Å². The zero-order valence-corrected chi connectivity index (χ0v) is 17.5. The van der Waals surface area contributed by atoms with E-state index in [1.54, 1.807) is 0 Å². The standard InChI is InChI=1S/C19H22BrNO3S/c1-11-7-18(12(2)6-16(11)20)25-10-19(23)24-9-17(22)15-8-13(3)21(5)14(15)4/h6-8H,9-10H2,1-5H3. The molecule has 2 aromatic rings. The Bertz CT molecular complexity index is 827. The van der Waals surface area contributed by atoms with E-state index in [1.807, 2.05) is 57.5 Å². The fourth-order valence-corrected chi connectivity index (χ4v) is 3.81. The number of ether oxygens (including phenoxy) is 1. The van der Waals surface area contributed by atoms with Gasteiger partial charge in [0.1, 0.15) is 0 Å². The van der Waals surface area contributed by atoms with Crippen molar-refractivity contribution in [3.8, 4) is 0 Å². The highest BCUT2D eigenvalue weighted by atomic mass is 79.9. The first kappa shape index (κ1) is 19.8. The molecule has 0 atom stereocenters. The van der Waals surface area contributed by atoms with Gasteiger partial charge >= 0.3 is 5.97 Å². The van der Waals surface area contributed by atoms with E-state index in [4.69, 9.17) is 4.74 Å². The summed E-state index contributed by atoms with van der Waals surface area (Å²) >= 11 is 4.92. The van der Waals surface area contributed by atoms with E-state index in [0.717, 1.165) is 31.9 Å². The van der Waals surface area contributed by atoms with Crippen LogP contribution in [0.1, 0.15) is 32.9 Å². The Labute approximate surface area is 161 Å². The number of benzene rings is 1. The third kappa shape index (κ3) is 4.76. The van der Waals surface area contributed by atoms with Gasteiger partial charge < -0.3 is 9.30 Å². The SMILES string of the molecule is Cc1cc(SCC(=O)OCC(=O)c2cc(C)n(C)c2C)c(C)cc1Br. The minimum absolute atomic E-state index is 0.171. The molecule has 25 heavy (non-hydrogen) atoms. The molecule has 0 bridgehead atoms. The normalized spacial score (nSPS) is 10.8. The monoisotopic (exact) mass is 423 g/mol. The average Bonchev–Trinajstić information content (AvgIpc) is 2.82. The molecule has 1 aromatic carbocycles. The van der Waals surface area contributed by atoms with Crippen molar-refractivity contribution in [1.29, 1.82) is 0 Å². The van der Waals surface area contributed by atoms with Gasteiger partial charge in [-0.15, -0.1) is 11.8 Å². The molecule has 0 amide bonds. The highest BCUT2D eigenvalue weighted by Crippen LogP contribution is 2.28. The van der Waals surface area contributed by atoms with Gasteiger partial charge in [0, 0.05) is 33.4 Å². The lowest BCUT2D eigenvalue weighted by atomic mass is 10.1. The van der Waals surface area contributed by atoms with Crippen LogP contribution in [0, 0.1) is 27.7 Å². The van der Waals surface area contributed by atoms with Gasteiger partial charge in [-0.1, -0.05) is 15.9 Å². The van der Waals surface area contributed by atoms with Crippen molar-refractivity contribution in [1.82, 2.24) is 4.57 Å². The number of rotatable bonds is 6. The molecule has 0 saturated heterocycles. The summed E-state index contributed by atoms with van der Waals surface area (Å²) in [4.78, 5) is 25.2. The summed E-state index contributed by atoms with van der Waals surface area (Å²) in [5, 5.41) is 0. The third-order valence-electron chi connectivity index (χ3n) is 4.24. The van der Waals surface area contributed by atoms with Crippen LogP contribution in [-0.4, -0.2) is 28.7 Å². The van der Waals surface area contributed by atoms with E-state index in [-0.39, 0.29) is 24.1 Å². The molecule has 0 aliphatic heterocycles. The number of Topliss-reactive ketones (excluding diaryl/α,β-unsaturated/α-hetero) is 1. The lowest BCUT2D eigenvalue weighted by Gasteiger charge is -2.09. The number of carbonyl (C=O) groups is 2. The maximum atomic E-state index is 12.2. The van der Waals surface area contributed by atoms with E-state index >= 15 is 0 Å². The number of hydrogen-bond donors (Lipinski definition) is 0. The average molecular weight is 424 g/mol. The minimum atomic E-state index is -0.386. The maximum Gasteiger partial charge on any atom is 0.316 e. The number of nitrogens with zero attached hydrogens (tertiary/aromatic N) is 1. The van der Waals surface area contributed by atoms with Crippen LogP contribution in [0.4, 0.5) is 0 Å². The van der Waals surface area contributed by atoms with Crippen LogP contribution in [0.15, 0.2) is 27.6 Å². The highest BCUT2D eigenvalue weighted by Gasteiger charge is 2.16. The van der Waals surface area contributed by atoms with Crippen molar-refractivity contribution >= 4 is 39.4 Å². The van der Waals surface area contributed by atoms with Crippen molar-refractivity contribution in [2.24, 2.45) is 7.05 Å². The lowest BCUT2D eigenvalue weighted by Crippen LogP contribution is -2.16. The van der Waals surface area contributed by atoms with Crippen LogP contribution in [0.2, 0.25) is 0 Å². The smallest absolute Gasteiger partial charge is 0.316 e. The molecule has 4 nitrogen and oxygen atoms in total. The number of ketones is 1. The number of esters is 1. The first-order valence-corrected chi connectivity index (χ1v) is 9.70. The molecule has 1 aromatic heterocycles. The predicted octanol–water partition coefficient (Wildman–Crippen LogP) is 4.54. The second kappa shape index (κ2) is 8.23. The predicted molar refractivity (Wildman–Crippen MR) is 105 cm³/mol. The summed E-state index contributed by atoms with van der Waals surface area (Å²) in [5.41, 5.74) is 4.71. The van der Waals surface area contributed by atoms with Crippen LogP contribution in [0.5, 0.6) is 0 Å². The molecule has 134 valence electrons. The summed E-state index contributed by atoms with van der Waals surface area (Å²) in [7, 11) is 1.91. The van der Waals surface area contributed by atoms with E-state index in [2.05, 4.69) is 15.9 Å². The van der Waals surface area contributed by atoms with Crippen molar-refractivity contribution in [2.45, 2.75) is 32.6 Å². The van der Waals surface area contributed by atoms with Crippen LogP contribution in [0.3, 0.4) is 0 Å². The number of aryl methyl sites for hydroxylation is 3. The number of halogens is 1. The summed E-state index contributed by atoms with van der Waals surface area (Å²) in [6.07, 6.45) is 0. The second-order valence-corrected chi connectivity index (χ2v) is 7.95. The fourth-order valence-electron chi connectivity index (χ4n) is 2.45. The van der Waals surface area contributed by atoms with Gasteiger partial charge in [0.25, 0.3) is 0 Å². The molecule has 0 spiro atoms.